The van der Waals surface area contributed by atoms with Gasteiger partial charge in [-0.15, -0.1) is 10.2 Å². The molecule has 4 rings (SSSR count). The van der Waals surface area contributed by atoms with Gasteiger partial charge in [0.2, 0.25) is 0 Å². The van der Waals surface area contributed by atoms with Gasteiger partial charge in [-0.2, -0.15) is 0 Å². The summed E-state index contributed by atoms with van der Waals surface area (Å²) in [5.41, 5.74) is 1.73. The fraction of sp³-hybridized carbons (Fsp3) is 0.455. The molecule has 2 saturated heterocycles. The van der Waals surface area contributed by atoms with Crippen molar-refractivity contribution < 1.29 is 13.5 Å². The number of nitrogens with zero attached hydrogens (tertiary/aromatic N) is 3. The molecule has 2 aliphatic rings. The standard InChI is InChI=1S/C22H28N4O3S/c1-26(18-13-16-4-3-5-17(14-18)23-16)22-9-8-20(24-25-22)19-7-6-15(12-21(19)27)10-11-30(2,28)29/h6-12,16-18,23,27H,3-5,13-14H2,1-2H3/b11-10+/t16-,17-/m0/s1. The van der Waals surface area contributed by atoms with E-state index in [0.717, 1.165) is 30.3 Å². The number of phenols is 1. The summed E-state index contributed by atoms with van der Waals surface area (Å²) in [4.78, 5) is 2.22. The first-order valence-corrected chi connectivity index (χ1v) is 12.3. The Hall–Kier alpha value is -2.45. The average molecular weight is 429 g/mol. The van der Waals surface area contributed by atoms with Gasteiger partial charge in [-0.1, -0.05) is 12.5 Å². The smallest absolute Gasteiger partial charge is 0.168 e. The van der Waals surface area contributed by atoms with Crippen molar-refractivity contribution in [3.8, 4) is 17.0 Å². The molecule has 30 heavy (non-hydrogen) atoms. The highest BCUT2D eigenvalue weighted by Crippen LogP contribution is 2.32. The summed E-state index contributed by atoms with van der Waals surface area (Å²) < 4.78 is 22.5. The van der Waals surface area contributed by atoms with E-state index < -0.39 is 9.84 Å². The fourth-order valence-corrected chi connectivity index (χ4v) is 4.87. The number of aromatic nitrogens is 2. The van der Waals surface area contributed by atoms with Crippen LogP contribution in [0.2, 0.25) is 0 Å². The molecule has 0 saturated carbocycles. The minimum Gasteiger partial charge on any atom is -0.507 e. The molecule has 2 N–H and O–H groups in total. The van der Waals surface area contributed by atoms with Gasteiger partial charge >= 0.3 is 0 Å². The van der Waals surface area contributed by atoms with E-state index in [1.165, 1.54) is 31.4 Å². The molecular formula is C22H28N4O3S. The van der Waals surface area contributed by atoms with E-state index in [1.807, 2.05) is 12.1 Å². The number of rotatable bonds is 5. The molecule has 0 unspecified atom stereocenters. The van der Waals surface area contributed by atoms with E-state index in [-0.39, 0.29) is 5.75 Å². The number of phenolic OH excluding ortho intramolecular Hbond substituents is 1. The van der Waals surface area contributed by atoms with Gasteiger partial charge in [-0.25, -0.2) is 8.42 Å². The fourth-order valence-electron chi connectivity index (χ4n) is 4.47. The Bertz CT molecular complexity index is 1020. The number of anilines is 1. The van der Waals surface area contributed by atoms with Crippen LogP contribution in [0.5, 0.6) is 5.75 Å². The van der Waals surface area contributed by atoms with Crippen LogP contribution in [0.4, 0.5) is 5.82 Å². The molecule has 0 spiro atoms. The Labute approximate surface area is 177 Å². The molecule has 1 aromatic heterocycles. The van der Waals surface area contributed by atoms with Gasteiger partial charge in [0, 0.05) is 42.4 Å². The first-order valence-electron chi connectivity index (χ1n) is 10.3. The van der Waals surface area contributed by atoms with E-state index in [1.54, 1.807) is 12.1 Å². The average Bonchev–Trinajstić information content (AvgIpc) is 2.71. The van der Waals surface area contributed by atoms with Crippen LogP contribution < -0.4 is 10.2 Å². The maximum atomic E-state index is 11.3. The Morgan fingerprint density at radius 1 is 1.13 bits per heavy atom. The molecule has 0 amide bonds. The minimum atomic E-state index is -3.22. The molecule has 3 heterocycles. The van der Waals surface area contributed by atoms with Crippen LogP contribution in [0.15, 0.2) is 35.7 Å². The number of hydrogen-bond acceptors (Lipinski definition) is 7. The summed E-state index contributed by atoms with van der Waals surface area (Å²) in [7, 11) is -1.14. The zero-order valence-corrected chi connectivity index (χ0v) is 18.1. The van der Waals surface area contributed by atoms with E-state index in [9.17, 15) is 13.5 Å². The van der Waals surface area contributed by atoms with Crippen LogP contribution in [0.3, 0.4) is 0 Å². The molecule has 8 heteroatoms. The van der Waals surface area contributed by atoms with Crippen molar-refractivity contribution in [1.82, 2.24) is 15.5 Å². The molecule has 7 nitrogen and oxygen atoms in total. The van der Waals surface area contributed by atoms with Gasteiger partial charge in [0.1, 0.15) is 5.75 Å². The number of benzene rings is 1. The quantitative estimate of drug-likeness (QED) is 0.756. The van der Waals surface area contributed by atoms with E-state index in [2.05, 4.69) is 27.5 Å². The lowest BCUT2D eigenvalue weighted by Crippen LogP contribution is -2.54. The lowest BCUT2D eigenvalue weighted by Gasteiger charge is -2.43. The van der Waals surface area contributed by atoms with E-state index in [0.29, 0.717) is 34.9 Å². The molecule has 2 bridgehead atoms. The van der Waals surface area contributed by atoms with Crippen molar-refractivity contribution in [2.24, 2.45) is 0 Å². The topological polar surface area (TPSA) is 95.4 Å². The molecule has 0 aliphatic carbocycles. The van der Waals surface area contributed by atoms with Crippen LogP contribution in [-0.4, -0.2) is 55.2 Å². The first kappa shape index (κ1) is 20.8. The summed E-state index contributed by atoms with van der Waals surface area (Å²) >= 11 is 0. The third-order valence-corrected chi connectivity index (χ3v) is 6.69. The van der Waals surface area contributed by atoms with Gasteiger partial charge in [-0.3, -0.25) is 0 Å². The predicted octanol–water partition coefficient (Wildman–Crippen LogP) is 2.97. The molecular weight excluding hydrogens is 400 g/mol. The third kappa shape index (κ3) is 4.82. The van der Waals surface area contributed by atoms with E-state index in [4.69, 9.17) is 0 Å². The summed E-state index contributed by atoms with van der Waals surface area (Å²) in [5.74, 6) is 0.864. The monoisotopic (exact) mass is 428 g/mol. The van der Waals surface area contributed by atoms with Crippen LogP contribution in [-0.2, 0) is 9.84 Å². The van der Waals surface area contributed by atoms with Gasteiger partial charge < -0.3 is 15.3 Å². The molecule has 2 aliphatic heterocycles. The first-order chi connectivity index (χ1) is 14.3. The highest BCUT2D eigenvalue weighted by molar-refractivity contribution is 7.93. The minimum absolute atomic E-state index is 0.0345. The van der Waals surface area contributed by atoms with Gasteiger partial charge in [0.05, 0.1) is 5.69 Å². The number of nitrogens with one attached hydrogen (secondary N) is 1. The molecule has 2 atom stereocenters. The Morgan fingerprint density at radius 2 is 1.87 bits per heavy atom. The van der Waals surface area contributed by atoms with Crippen molar-refractivity contribution >= 4 is 21.7 Å². The second-order valence-electron chi connectivity index (χ2n) is 8.41. The maximum absolute atomic E-state index is 11.3. The molecule has 160 valence electrons. The number of sulfone groups is 1. The van der Waals surface area contributed by atoms with Crippen molar-refractivity contribution in [2.75, 3.05) is 18.2 Å². The lowest BCUT2D eigenvalue weighted by molar-refractivity contribution is 0.219. The lowest BCUT2D eigenvalue weighted by atomic mass is 9.83. The third-order valence-electron chi connectivity index (χ3n) is 6.05. The summed E-state index contributed by atoms with van der Waals surface area (Å²) in [6.07, 6.45) is 8.65. The van der Waals surface area contributed by atoms with Crippen LogP contribution >= 0.6 is 0 Å². The molecule has 2 fully saturated rings. The number of aromatic hydroxyl groups is 1. The van der Waals surface area contributed by atoms with Crippen LogP contribution in [0.1, 0.15) is 37.7 Å². The predicted molar refractivity (Wildman–Crippen MR) is 119 cm³/mol. The maximum Gasteiger partial charge on any atom is 0.168 e. The van der Waals surface area contributed by atoms with E-state index >= 15 is 0 Å². The zero-order chi connectivity index (χ0) is 21.3. The molecule has 0 radical (unpaired) electrons. The Kier molecular flexibility index (Phi) is 5.79. The highest BCUT2D eigenvalue weighted by Gasteiger charge is 2.33. The van der Waals surface area contributed by atoms with Crippen molar-refractivity contribution in [3.63, 3.8) is 0 Å². The van der Waals surface area contributed by atoms with Crippen LogP contribution in [0, 0.1) is 0 Å². The normalized spacial score (nSPS) is 24.1. The Balaban J connectivity index is 1.49. The number of fused-ring (bicyclic) bond motifs is 2. The van der Waals surface area contributed by atoms with Gasteiger partial charge in [0.15, 0.2) is 15.7 Å². The Morgan fingerprint density at radius 3 is 2.47 bits per heavy atom. The van der Waals surface area contributed by atoms with Gasteiger partial charge in [0.25, 0.3) is 0 Å². The van der Waals surface area contributed by atoms with Crippen molar-refractivity contribution in [1.29, 1.82) is 0 Å². The summed E-state index contributed by atoms with van der Waals surface area (Å²) in [6.45, 7) is 0. The zero-order valence-electron chi connectivity index (χ0n) is 17.3. The molecule has 1 aromatic carbocycles. The molecule has 2 aromatic rings. The summed E-state index contributed by atoms with van der Waals surface area (Å²) in [5, 5.41) is 23.9. The summed E-state index contributed by atoms with van der Waals surface area (Å²) in [6, 6.07) is 10.4. The largest absolute Gasteiger partial charge is 0.507 e. The van der Waals surface area contributed by atoms with Crippen molar-refractivity contribution in [3.05, 3.63) is 41.3 Å². The van der Waals surface area contributed by atoms with Gasteiger partial charge in [-0.05, 0) is 61.6 Å². The second kappa shape index (κ2) is 8.35. The van der Waals surface area contributed by atoms with Crippen LogP contribution in [0.25, 0.3) is 17.3 Å². The SMILES string of the molecule is CN(c1ccc(-c2ccc(/C=C/S(C)(=O)=O)cc2O)nn1)C1C[C@@H]2CCC[C@@H](C1)N2. The van der Waals surface area contributed by atoms with Crippen molar-refractivity contribution in [2.45, 2.75) is 50.2 Å². The number of piperidine rings is 2. The number of hydrogen-bond donors (Lipinski definition) is 2. The second-order valence-corrected chi connectivity index (χ2v) is 10.3. The highest BCUT2D eigenvalue weighted by atomic mass is 32.2.